The number of hydrogen-bond acceptors (Lipinski definition) is 5. The summed E-state index contributed by atoms with van der Waals surface area (Å²) < 4.78 is 5.77. The van der Waals surface area contributed by atoms with Gasteiger partial charge in [0.05, 0.1) is 24.7 Å². The van der Waals surface area contributed by atoms with Crippen LogP contribution in [-0.4, -0.2) is 57.0 Å². The summed E-state index contributed by atoms with van der Waals surface area (Å²) in [6.45, 7) is 5.56. The molecule has 38 heavy (non-hydrogen) atoms. The molecular formula is C31H34N2O5. The van der Waals surface area contributed by atoms with Crippen LogP contribution in [0.3, 0.4) is 0 Å². The number of Topliss-reactive ketones (excluding diaryl/α,β-unsaturated/α-hetero) is 1. The minimum absolute atomic E-state index is 0.130. The number of amides is 1. The van der Waals surface area contributed by atoms with E-state index in [0.717, 1.165) is 27.5 Å². The van der Waals surface area contributed by atoms with E-state index >= 15 is 0 Å². The summed E-state index contributed by atoms with van der Waals surface area (Å²) in [6, 6.07) is 20.2. The van der Waals surface area contributed by atoms with Crippen molar-refractivity contribution in [2.75, 3.05) is 6.54 Å². The molecule has 0 bridgehead atoms. The summed E-state index contributed by atoms with van der Waals surface area (Å²) >= 11 is 0. The van der Waals surface area contributed by atoms with Crippen molar-refractivity contribution >= 4 is 28.6 Å². The second kappa shape index (κ2) is 10.2. The first-order valence-corrected chi connectivity index (χ1v) is 13.2. The van der Waals surface area contributed by atoms with Crippen molar-refractivity contribution in [3.05, 3.63) is 83.4 Å². The predicted octanol–water partition coefficient (Wildman–Crippen LogP) is 5.36. The predicted molar refractivity (Wildman–Crippen MR) is 145 cm³/mol. The minimum Gasteiger partial charge on any atom is -0.480 e. The van der Waals surface area contributed by atoms with Crippen molar-refractivity contribution in [1.29, 1.82) is 0 Å². The monoisotopic (exact) mass is 514 g/mol. The van der Waals surface area contributed by atoms with E-state index in [-0.39, 0.29) is 18.4 Å². The van der Waals surface area contributed by atoms with E-state index in [1.807, 2.05) is 81.4 Å². The molecule has 7 nitrogen and oxygen atoms in total. The van der Waals surface area contributed by atoms with Gasteiger partial charge in [0.25, 0.3) is 0 Å². The summed E-state index contributed by atoms with van der Waals surface area (Å²) in [6.07, 6.45) is 1.01. The molecular weight excluding hydrogens is 480 g/mol. The third-order valence-corrected chi connectivity index (χ3v) is 7.52. The molecule has 0 saturated carbocycles. The highest BCUT2D eigenvalue weighted by Gasteiger charge is 2.47. The molecule has 0 radical (unpaired) electrons. The van der Waals surface area contributed by atoms with Gasteiger partial charge in [-0.2, -0.15) is 0 Å². The number of ether oxygens (including phenoxy) is 1. The molecule has 0 spiro atoms. The Morgan fingerprint density at radius 1 is 0.921 bits per heavy atom. The summed E-state index contributed by atoms with van der Waals surface area (Å²) in [7, 11) is 0. The smallest absolute Gasteiger partial charge is 0.411 e. The molecule has 1 fully saturated rings. The fourth-order valence-electron chi connectivity index (χ4n) is 5.93. The van der Waals surface area contributed by atoms with E-state index in [9.17, 15) is 19.5 Å². The lowest BCUT2D eigenvalue weighted by Gasteiger charge is -2.39. The van der Waals surface area contributed by atoms with Crippen LogP contribution in [-0.2, 0) is 27.3 Å². The standard InChI is InChI=1S/C31H34N2O5/c1-31(2,3)38-30(37)33-25(21-10-5-4-6-11-21)15-16-26(33)29(36)27-17-24-22(18-32(27)19-28(34)35)14-13-20-9-7-8-12-23(20)24/h4-14,25-27H,15-19H2,1-3H3,(H,34,35)/t25-,26+,27?/m0/s1. The van der Waals surface area contributed by atoms with Crippen LogP contribution >= 0.6 is 0 Å². The zero-order valence-electron chi connectivity index (χ0n) is 22.1. The number of carbonyl (C=O) groups is 3. The lowest BCUT2D eigenvalue weighted by atomic mass is 9.86. The molecule has 3 aromatic carbocycles. The quantitative estimate of drug-likeness (QED) is 0.493. The fourth-order valence-corrected chi connectivity index (χ4v) is 5.93. The largest absolute Gasteiger partial charge is 0.480 e. The number of benzene rings is 3. The van der Waals surface area contributed by atoms with Gasteiger partial charge in [0.1, 0.15) is 5.60 Å². The lowest BCUT2D eigenvalue weighted by Crippen LogP contribution is -2.54. The Morgan fingerprint density at radius 2 is 1.63 bits per heavy atom. The first-order chi connectivity index (χ1) is 18.1. The third-order valence-electron chi connectivity index (χ3n) is 7.52. The molecule has 0 aliphatic carbocycles. The van der Waals surface area contributed by atoms with E-state index in [4.69, 9.17) is 4.74 Å². The van der Waals surface area contributed by atoms with Crippen LogP contribution < -0.4 is 0 Å². The maximum absolute atomic E-state index is 14.3. The zero-order chi connectivity index (χ0) is 27.0. The highest BCUT2D eigenvalue weighted by Crippen LogP contribution is 2.40. The molecule has 2 heterocycles. The van der Waals surface area contributed by atoms with Crippen LogP contribution in [0.5, 0.6) is 0 Å². The van der Waals surface area contributed by atoms with Gasteiger partial charge in [-0.1, -0.05) is 66.7 Å². The van der Waals surface area contributed by atoms with Crippen molar-refractivity contribution in [2.24, 2.45) is 0 Å². The Labute approximate surface area is 223 Å². The van der Waals surface area contributed by atoms with Crippen molar-refractivity contribution < 1.29 is 24.2 Å². The highest BCUT2D eigenvalue weighted by atomic mass is 16.6. The van der Waals surface area contributed by atoms with Gasteiger partial charge in [-0.3, -0.25) is 19.4 Å². The molecule has 1 amide bonds. The average Bonchev–Trinajstić information content (AvgIpc) is 3.32. The first kappa shape index (κ1) is 25.9. The lowest BCUT2D eigenvalue weighted by molar-refractivity contribution is -0.141. The Morgan fingerprint density at radius 3 is 2.34 bits per heavy atom. The summed E-state index contributed by atoms with van der Waals surface area (Å²) in [5, 5.41) is 11.8. The fraction of sp³-hybridized carbons (Fsp3) is 0.387. The molecule has 1 unspecified atom stereocenters. The summed E-state index contributed by atoms with van der Waals surface area (Å²) in [5.74, 6) is -1.11. The number of carbonyl (C=O) groups excluding carboxylic acids is 2. The summed E-state index contributed by atoms with van der Waals surface area (Å²) in [4.78, 5) is 43.0. The van der Waals surface area contributed by atoms with Gasteiger partial charge >= 0.3 is 12.1 Å². The van der Waals surface area contributed by atoms with Crippen molar-refractivity contribution in [3.63, 3.8) is 0 Å². The van der Waals surface area contributed by atoms with Gasteiger partial charge in [-0.25, -0.2) is 4.79 Å². The van der Waals surface area contributed by atoms with Gasteiger partial charge in [0, 0.05) is 6.54 Å². The van der Waals surface area contributed by atoms with Gasteiger partial charge in [-0.15, -0.1) is 0 Å². The average molecular weight is 515 g/mol. The van der Waals surface area contributed by atoms with E-state index in [1.165, 1.54) is 0 Å². The molecule has 3 atom stereocenters. The number of hydrogen-bond donors (Lipinski definition) is 1. The molecule has 7 heteroatoms. The Hall–Kier alpha value is -3.71. The van der Waals surface area contributed by atoms with Crippen LogP contribution in [0, 0.1) is 0 Å². The molecule has 1 N–H and O–H groups in total. The zero-order valence-corrected chi connectivity index (χ0v) is 22.1. The van der Waals surface area contributed by atoms with Gasteiger partial charge < -0.3 is 9.84 Å². The molecule has 5 rings (SSSR count). The Kier molecular flexibility index (Phi) is 6.97. The number of fused-ring (bicyclic) bond motifs is 3. The molecule has 198 valence electrons. The normalized spacial score (nSPS) is 21.8. The van der Waals surface area contributed by atoms with Crippen LogP contribution in [0.25, 0.3) is 10.8 Å². The Bertz CT molecular complexity index is 1360. The minimum atomic E-state index is -0.982. The number of carboxylic acids is 1. The second-order valence-electron chi connectivity index (χ2n) is 11.3. The topological polar surface area (TPSA) is 87.2 Å². The van der Waals surface area contributed by atoms with Gasteiger partial charge in [-0.05, 0) is 67.5 Å². The van der Waals surface area contributed by atoms with E-state index in [1.54, 1.807) is 9.80 Å². The highest BCUT2D eigenvalue weighted by molar-refractivity contribution is 5.94. The van der Waals surface area contributed by atoms with E-state index in [0.29, 0.717) is 25.8 Å². The Balaban J connectivity index is 1.52. The second-order valence-corrected chi connectivity index (χ2v) is 11.3. The first-order valence-electron chi connectivity index (χ1n) is 13.2. The van der Waals surface area contributed by atoms with Crippen LogP contribution in [0.4, 0.5) is 4.79 Å². The number of nitrogens with zero attached hydrogens (tertiary/aromatic N) is 2. The number of ketones is 1. The van der Waals surface area contributed by atoms with Crippen LogP contribution in [0.2, 0.25) is 0 Å². The van der Waals surface area contributed by atoms with Crippen molar-refractivity contribution in [1.82, 2.24) is 9.80 Å². The number of rotatable bonds is 5. The SMILES string of the molecule is CC(C)(C)OC(=O)N1[C@@H](C(=O)C2Cc3c(ccc4ccccc34)CN2CC(=O)O)CC[C@H]1c1ccccc1. The molecule has 0 aromatic heterocycles. The van der Waals surface area contributed by atoms with E-state index in [2.05, 4.69) is 6.07 Å². The third kappa shape index (κ3) is 5.16. The van der Waals surface area contributed by atoms with Crippen molar-refractivity contribution in [2.45, 2.75) is 70.3 Å². The van der Waals surface area contributed by atoms with Crippen LogP contribution in [0.1, 0.15) is 56.3 Å². The summed E-state index contributed by atoms with van der Waals surface area (Å²) in [5.41, 5.74) is 2.35. The number of carboxylic acid groups (broad SMARTS) is 1. The molecule has 2 aliphatic rings. The maximum atomic E-state index is 14.3. The maximum Gasteiger partial charge on any atom is 0.411 e. The van der Waals surface area contributed by atoms with E-state index < -0.39 is 29.7 Å². The number of aliphatic carboxylic acids is 1. The van der Waals surface area contributed by atoms with Gasteiger partial charge in [0.2, 0.25) is 0 Å². The van der Waals surface area contributed by atoms with Crippen molar-refractivity contribution in [3.8, 4) is 0 Å². The van der Waals surface area contributed by atoms with Crippen LogP contribution in [0.15, 0.2) is 66.7 Å². The molecule has 3 aromatic rings. The number of likely N-dealkylation sites (tertiary alicyclic amines) is 1. The molecule has 2 aliphatic heterocycles. The van der Waals surface area contributed by atoms with Gasteiger partial charge in [0.15, 0.2) is 5.78 Å². The molecule has 1 saturated heterocycles.